The van der Waals surface area contributed by atoms with Gasteiger partial charge in [0.05, 0.1) is 5.02 Å². The van der Waals surface area contributed by atoms with Crippen LogP contribution in [0, 0.1) is 5.92 Å². The third-order valence-electron chi connectivity index (χ3n) is 2.21. The minimum absolute atomic E-state index is 0.682. The molecule has 1 aromatic rings. The van der Waals surface area contributed by atoms with E-state index in [1.54, 1.807) is 0 Å². The van der Waals surface area contributed by atoms with E-state index in [0.717, 1.165) is 23.9 Å². The Morgan fingerprint density at radius 2 is 2.12 bits per heavy atom. The van der Waals surface area contributed by atoms with Gasteiger partial charge in [-0.15, -0.1) is 11.8 Å². The fraction of sp³-hybridized carbons (Fsp3) is 0.538. The maximum absolute atomic E-state index is 6.20. The van der Waals surface area contributed by atoms with Crippen molar-refractivity contribution in [1.82, 2.24) is 5.32 Å². The molecule has 0 bridgehead atoms. The van der Waals surface area contributed by atoms with Gasteiger partial charge in [-0.1, -0.05) is 44.5 Å². The van der Waals surface area contributed by atoms with E-state index >= 15 is 0 Å². The summed E-state index contributed by atoms with van der Waals surface area (Å²) in [6, 6.07) is 6.14. The van der Waals surface area contributed by atoms with Crippen LogP contribution in [0.3, 0.4) is 0 Å². The molecule has 0 spiro atoms. The Labute approximate surface area is 108 Å². The molecule has 1 rings (SSSR count). The normalized spacial score (nSPS) is 11.1. The molecule has 0 aliphatic heterocycles. The number of benzene rings is 1. The van der Waals surface area contributed by atoms with Crippen molar-refractivity contribution in [2.75, 3.05) is 12.3 Å². The maximum atomic E-state index is 6.20. The average molecular weight is 258 g/mol. The second kappa shape index (κ2) is 7.21. The molecule has 1 aromatic carbocycles. The quantitative estimate of drug-likeness (QED) is 0.767. The predicted octanol–water partition coefficient (Wildman–Crippen LogP) is 4.20. The van der Waals surface area contributed by atoms with Crippen molar-refractivity contribution in [3.05, 3.63) is 28.8 Å². The zero-order chi connectivity index (χ0) is 12.0. The highest BCUT2D eigenvalue weighted by molar-refractivity contribution is 7.99. The van der Waals surface area contributed by atoms with E-state index in [2.05, 4.69) is 32.2 Å². The Kier molecular flexibility index (Phi) is 6.25. The van der Waals surface area contributed by atoms with E-state index in [1.807, 2.05) is 23.9 Å². The largest absolute Gasteiger partial charge is 0.312 e. The Balaban J connectivity index is 2.66. The molecule has 0 aromatic heterocycles. The molecule has 0 radical (unpaired) electrons. The number of hydrogen-bond acceptors (Lipinski definition) is 2. The topological polar surface area (TPSA) is 12.0 Å². The second-order valence-electron chi connectivity index (χ2n) is 4.19. The number of nitrogens with one attached hydrogen (secondary N) is 1. The Morgan fingerprint density at radius 1 is 1.38 bits per heavy atom. The van der Waals surface area contributed by atoms with Crippen LogP contribution in [-0.2, 0) is 6.54 Å². The summed E-state index contributed by atoms with van der Waals surface area (Å²) in [6.45, 7) is 8.53. The fourth-order valence-corrected chi connectivity index (χ4v) is 2.67. The summed E-state index contributed by atoms with van der Waals surface area (Å²) in [7, 11) is 0. The molecule has 3 heteroatoms. The molecule has 0 aliphatic carbocycles. The van der Waals surface area contributed by atoms with Crippen molar-refractivity contribution in [2.24, 2.45) is 5.92 Å². The van der Waals surface area contributed by atoms with E-state index in [-0.39, 0.29) is 0 Å². The molecule has 0 aliphatic rings. The Morgan fingerprint density at radius 3 is 2.75 bits per heavy atom. The summed E-state index contributed by atoms with van der Waals surface area (Å²) in [5, 5.41) is 4.33. The van der Waals surface area contributed by atoms with Crippen LogP contribution in [-0.4, -0.2) is 12.3 Å². The van der Waals surface area contributed by atoms with Crippen molar-refractivity contribution in [2.45, 2.75) is 32.2 Å². The van der Waals surface area contributed by atoms with Crippen molar-refractivity contribution in [3.8, 4) is 0 Å². The first-order chi connectivity index (χ1) is 7.65. The highest BCUT2D eigenvalue weighted by atomic mass is 35.5. The van der Waals surface area contributed by atoms with E-state index in [4.69, 9.17) is 11.6 Å². The number of halogens is 1. The summed E-state index contributed by atoms with van der Waals surface area (Å²) >= 11 is 8.02. The van der Waals surface area contributed by atoms with Crippen LogP contribution in [0.1, 0.15) is 26.3 Å². The lowest BCUT2D eigenvalue weighted by molar-refractivity contribution is 0.550. The third kappa shape index (κ3) is 4.36. The molecule has 0 unspecified atom stereocenters. The molecule has 0 heterocycles. The number of rotatable bonds is 6. The van der Waals surface area contributed by atoms with Gasteiger partial charge in [-0.25, -0.2) is 0 Å². The summed E-state index contributed by atoms with van der Waals surface area (Å²) < 4.78 is 0. The Bertz CT molecular complexity index is 326. The Hall–Kier alpha value is -0.180. The van der Waals surface area contributed by atoms with Gasteiger partial charge in [0.1, 0.15) is 0 Å². The number of hydrogen-bond donors (Lipinski definition) is 1. The molecule has 1 N–H and O–H groups in total. The van der Waals surface area contributed by atoms with Crippen LogP contribution in [0.4, 0.5) is 0 Å². The standard InChI is InChI=1S/C13H20ClNS/c1-4-16-13-11(6-5-7-12(13)14)9-15-8-10(2)3/h5-7,10,15H,4,8-9H2,1-3H3. The van der Waals surface area contributed by atoms with Gasteiger partial charge < -0.3 is 5.32 Å². The molecule has 16 heavy (non-hydrogen) atoms. The van der Waals surface area contributed by atoms with Crippen molar-refractivity contribution < 1.29 is 0 Å². The van der Waals surface area contributed by atoms with Gasteiger partial charge in [-0.05, 0) is 29.8 Å². The summed E-state index contributed by atoms with van der Waals surface area (Å²) in [6.07, 6.45) is 0. The van der Waals surface area contributed by atoms with Crippen molar-refractivity contribution in [3.63, 3.8) is 0 Å². The molecule has 0 atom stereocenters. The molecule has 0 saturated carbocycles. The summed E-state index contributed by atoms with van der Waals surface area (Å²) in [5.41, 5.74) is 1.31. The lowest BCUT2D eigenvalue weighted by Gasteiger charge is -2.12. The zero-order valence-corrected chi connectivity index (χ0v) is 11.8. The predicted molar refractivity (Wildman–Crippen MR) is 74.4 cm³/mol. The second-order valence-corrected chi connectivity index (χ2v) is 5.87. The van der Waals surface area contributed by atoms with E-state index in [0.29, 0.717) is 5.92 Å². The van der Waals surface area contributed by atoms with Gasteiger partial charge >= 0.3 is 0 Å². The average Bonchev–Trinajstić information content (AvgIpc) is 2.22. The molecule has 0 amide bonds. The first kappa shape index (κ1) is 13.9. The highest BCUT2D eigenvalue weighted by Gasteiger charge is 2.06. The van der Waals surface area contributed by atoms with Gasteiger partial charge in [0.15, 0.2) is 0 Å². The van der Waals surface area contributed by atoms with Gasteiger partial charge in [0.25, 0.3) is 0 Å². The van der Waals surface area contributed by atoms with Crippen LogP contribution in [0.15, 0.2) is 23.1 Å². The van der Waals surface area contributed by atoms with Crippen LogP contribution >= 0.6 is 23.4 Å². The van der Waals surface area contributed by atoms with Crippen molar-refractivity contribution in [1.29, 1.82) is 0 Å². The van der Waals surface area contributed by atoms with Crippen LogP contribution < -0.4 is 5.32 Å². The molecular formula is C13H20ClNS. The van der Waals surface area contributed by atoms with Gasteiger partial charge in [0.2, 0.25) is 0 Å². The van der Waals surface area contributed by atoms with E-state index < -0.39 is 0 Å². The molecule has 90 valence electrons. The summed E-state index contributed by atoms with van der Waals surface area (Å²) in [5.74, 6) is 1.74. The minimum Gasteiger partial charge on any atom is -0.312 e. The molecule has 0 fully saturated rings. The SMILES string of the molecule is CCSc1c(Cl)cccc1CNCC(C)C. The monoisotopic (exact) mass is 257 g/mol. The third-order valence-corrected chi connectivity index (χ3v) is 3.69. The lowest BCUT2D eigenvalue weighted by atomic mass is 10.2. The minimum atomic E-state index is 0.682. The van der Waals surface area contributed by atoms with Gasteiger partial charge in [0, 0.05) is 11.4 Å². The molecular weight excluding hydrogens is 238 g/mol. The fourth-order valence-electron chi connectivity index (χ4n) is 1.49. The maximum Gasteiger partial charge on any atom is 0.0545 e. The van der Waals surface area contributed by atoms with Gasteiger partial charge in [-0.2, -0.15) is 0 Å². The van der Waals surface area contributed by atoms with E-state index in [1.165, 1.54) is 10.5 Å². The van der Waals surface area contributed by atoms with Crippen LogP contribution in [0.25, 0.3) is 0 Å². The summed E-state index contributed by atoms with van der Waals surface area (Å²) in [4.78, 5) is 1.22. The first-order valence-corrected chi connectivity index (χ1v) is 7.12. The van der Waals surface area contributed by atoms with Crippen molar-refractivity contribution >= 4 is 23.4 Å². The number of thioether (sulfide) groups is 1. The van der Waals surface area contributed by atoms with Crippen LogP contribution in [0.2, 0.25) is 5.02 Å². The zero-order valence-electron chi connectivity index (χ0n) is 10.2. The van der Waals surface area contributed by atoms with E-state index in [9.17, 15) is 0 Å². The van der Waals surface area contributed by atoms with Gasteiger partial charge in [-0.3, -0.25) is 0 Å². The highest BCUT2D eigenvalue weighted by Crippen LogP contribution is 2.30. The molecule has 0 saturated heterocycles. The lowest BCUT2D eigenvalue weighted by Crippen LogP contribution is -2.19. The van der Waals surface area contributed by atoms with Crippen LogP contribution in [0.5, 0.6) is 0 Å². The molecule has 1 nitrogen and oxygen atoms in total. The smallest absolute Gasteiger partial charge is 0.0545 e. The first-order valence-electron chi connectivity index (χ1n) is 5.76.